The quantitative estimate of drug-likeness (QED) is 0.887. The summed E-state index contributed by atoms with van der Waals surface area (Å²) in [6, 6.07) is 2.58. The number of methoxy groups -OCH3 is 1. The summed E-state index contributed by atoms with van der Waals surface area (Å²) < 4.78 is 29.7. The predicted molar refractivity (Wildman–Crippen MR) is 63.6 cm³/mol. The first kappa shape index (κ1) is 12.3. The summed E-state index contributed by atoms with van der Waals surface area (Å²) in [5, 5.41) is 15.0. The lowest BCUT2D eigenvalue weighted by atomic mass is 10.1. The van der Waals surface area contributed by atoms with Gasteiger partial charge in [-0.2, -0.15) is 5.10 Å². The van der Waals surface area contributed by atoms with Gasteiger partial charge in [0.1, 0.15) is 5.69 Å². The van der Waals surface area contributed by atoms with Crippen molar-refractivity contribution in [2.75, 3.05) is 13.9 Å². The molecule has 0 fully saturated rings. The molecule has 0 saturated heterocycles. The first-order chi connectivity index (χ1) is 9.61. The predicted octanol–water partition coefficient (Wildman–Crippen LogP) is 1.65. The van der Waals surface area contributed by atoms with Crippen molar-refractivity contribution in [1.29, 1.82) is 0 Å². The number of carbonyl (C=O) groups is 1. The number of fused-ring (bicyclic) bond motifs is 1. The van der Waals surface area contributed by atoms with Gasteiger partial charge in [-0.3, -0.25) is 5.10 Å². The second kappa shape index (κ2) is 4.41. The molecule has 104 valence electrons. The highest BCUT2D eigenvalue weighted by atomic mass is 19.1. The molecule has 2 N–H and O–H groups in total. The average molecular weight is 280 g/mol. The molecule has 0 saturated carbocycles. The van der Waals surface area contributed by atoms with Crippen LogP contribution in [-0.4, -0.2) is 35.2 Å². The van der Waals surface area contributed by atoms with E-state index in [0.717, 1.165) is 0 Å². The van der Waals surface area contributed by atoms with Crippen molar-refractivity contribution >= 4 is 5.97 Å². The van der Waals surface area contributed by atoms with E-state index in [2.05, 4.69) is 10.2 Å². The first-order valence-corrected chi connectivity index (χ1v) is 5.57. The molecule has 1 aliphatic rings. The number of hydrogen-bond donors (Lipinski definition) is 2. The standard InChI is InChI=1S/C12H9FN2O5/c1-18-7-3-8-11(20-4-19-8)9(10(7)13)5-2-6(12(16)17)15-14-5/h2-3H,4H2,1H3,(H,14,15)(H,16,17). The fraction of sp³-hybridized carbons (Fsp3) is 0.167. The second-order valence-electron chi connectivity index (χ2n) is 3.97. The summed E-state index contributed by atoms with van der Waals surface area (Å²) in [6.45, 7) is -0.0504. The number of nitrogens with zero attached hydrogens (tertiary/aromatic N) is 1. The third kappa shape index (κ3) is 1.73. The van der Waals surface area contributed by atoms with Crippen LogP contribution in [0.1, 0.15) is 10.5 Å². The molecule has 0 bridgehead atoms. The number of aromatic amines is 1. The zero-order valence-corrected chi connectivity index (χ0v) is 10.3. The third-order valence-electron chi connectivity index (χ3n) is 2.85. The van der Waals surface area contributed by atoms with Crippen LogP contribution >= 0.6 is 0 Å². The van der Waals surface area contributed by atoms with E-state index in [9.17, 15) is 9.18 Å². The molecule has 0 unspecified atom stereocenters. The van der Waals surface area contributed by atoms with Crippen molar-refractivity contribution in [1.82, 2.24) is 10.2 Å². The molecule has 0 aliphatic carbocycles. The van der Waals surface area contributed by atoms with Crippen LogP contribution in [0.2, 0.25) is 0 Å². The van der Waals surface area contributed by atoms with E-state index < -0.39 is 11.8 Å². The monoisotopic (exact) mass is 280 g/mol. The minimum atomic E-state index is -1.19. The number of carboxylic acid groups (broad SMARTS) is 1. The van der Waals surface area contributed by atoms with Gasteiger partial charge in [-0.1, -0.05) is 0 Å². The molecule has 1 aromatic carbocycles. The van der Waals surface area contributed by atoms with Crippen LogP contribution < -0.4 is 14.2 Å². The minimum absolute atomic E-state index is 0.000556. The van der Waals surface area contributed by atoms with E-state index in [4.69, 9.17) is 19.3 Å². The molecule has 0 amide bonds. The Labute approximate surface area is 111 Å². The van der Waals surface area contributed by atoms with Gasteiger partial charge in [0.2, 0.25) is 6.79 Å². The van der Waals surface area contributed by atoms with Crippen molar-refractivity contribution < 1.29 is 28.5 Å². The summed E-state index contributed by atoms with van der Waals surface area (Å²) in [5.74, 6) is -1.44. The number of aromatic nitrogens is 2. The molecule has 0 radical (unpaired) electrons. The van der Waals surface area contributed by atoms with E-state index in [-0.39, 0.29) is 35.2 Å². The number of benzene rings is 1. The number of nitrogens with one attached hydrogen (secondary N) is 1. The third-order valence-corrected chi connectivity index (χ3v) is 2.85. The lowest BCUT2D eigenvalue weighted by Gasteiger charge is -2.08. The molecule has 20 heavy (non-hydrogen) atoms. The topological polar surface area (TPSA) is 93.7 Å². The molecule has 1 aliphatic heterocycles. The Balaban J connectivity index is 2.21. The van der Waals surface area contributed by atoms with Gasteiger partial charge >= 0.3 is 5.97 Å². The Kier molecular flexibility index (Phi) is 2.70. The zero-order chi connectivity index (χ0) is 14.3. The SMILES string of the molecule is COc1cc2c(c(-c3cc(C(=O)O)[nH]n3)c1F)OCO2. The molecule has 2 aromatic rings. The summed E-state index contributed by atoms with van der Waals surface area (Å²) in [7, 11) is 1.32. The van der Waals surface area contributed by atoms with E-state index in [1.807, 2.05) is 0 Å². The summed E-state index contributed by atoms with van der Waals surface area (Å²) >= 11 is 0. The van der Waals surface area contributed by atoms with Gasteiger partial charge < -0.3 is 19.3 Å². The normalized spacial score (nSPS) is 12.5. The molecule has 0 spiro atoms. The van der Waals surface area contributed by atoms with Crippen LogP contribution in [0.15, 0.2) is 12.1 Å². The van der Waals surface area contributed by atoms with Gasteiger partial charge in [-0.25, -0.2) is 9.18 Å². The molecule has 3 rings (SSSR count). The van der Waals surface area contributed by atoms with Gasteiger partial charge in [0.25, 0.3) is 0 Å². The van der Waals surface area contributed by atoms with Crippen LogP contribution in [0.3, 0.4) is 0 Å². The highest BCUT2D eigenvalue weighted by Gasteiger charge is 2.28. The van der Waals surface area contributed by atoms with Crippen LogP contribution in [0, 0.1) is 5.82 Å². The molecule has 2 heterocycles. The van der Waals surface area contributed by atoms with Gasteiger partial charge in [0.05, 0.1) is 18.4 Å². The molecule has 8 heteroatoms. The van der Waals surface area contributed by atoms with E-state index in [0.29, 0.717) is 5.75 Å². The van der Waals surface area contributed by atoms with Crippen LogP contribution in [0.5, 0.6) is 17.2 Å². The number of H-pyrrole nitrogens is 1. The number of ether oxygens (including phenoxy) is 3. The number of hydrogen-bond acceptors (Lipinski definition) is 5. The molecular weight excluding hydrogens is 271 g/mol. The van der Waals surface area contributed by atoms with Crippen LogP contribution in [0.4, 0.5) is 4.39 Å². The van der Waals surface area contributed by atoms with E-state index in [1.54, 1.807) is 0 Å². The highest BCUT2D eigenvalue weighted by Crippen LogP contribution is 2.46. The van der Waals surface area contributed by atoms with Gasteiger partial charge in [-0.05, 0) is 6.07 Å². The number of carboxylic acids is 1. The number of rotatable bonds is 3. The Morgan fingerprint density at radius 2 is 2.30 bits per heavy atom. The second-order valence-corrected chi connectivity index (χ2v) is 3.97. The van der Waals surface area contributed by atoms with Crippen molar-refractivity contribution in [2.45, 2.75) is 0 Å². The van der Waals surface area contributed by atoms with Crippen molar-refractivity contribution in [3.05, 3.63) is 23.6 Å². The molecule has 1 aromatic heterocycles. The summed E-state index contributed by atoms with van der Waals surface area (Å²) in [4.78, 5) is 10.8. The van der Waals surface area contributed by atoms with Gasteiger partial charge in [0.15, 0.2) is 23.1 Å². The van der Waals surface area contributed by atoms with Crippen LogP contribution in [-0.2, 0) is 0 Å². The Bertz CT molecular complexity index is 697. The number of aromatic carboxylic acids is 1. The largest absolute Gasteiger partial charge is 0.494 e. The van der Waals surface area contributed by atoms with Crippen molar-refractivity contribution in [2.24, 2.45) is 0 Å². The lowest BCUT2D eigenvalue weighted by Crippen LogP contribution is -1.95. The Morgan fingerprint density at radius 1 is 1.50 bits per heavy atom. The smallest absolute Gasteiger partial charge is 0.353 e. The van der Waals surface area contributed by atoms with Gasteiger partial charge in [-0.15, -0.1) is 0 Å². The molecule has 0 atom stereocenters. The fourth-order valence-electron chi connectivity index (χ4n) is 1.93. The zero-order valence-electron chi connectivity index (χ0n) is 10.3. The summed E-state index contributed by atoms with van der Waals surface area (Å²) in [5.41, 5.74) is -0.0592. The van der Waals surface area contributed by atoms with Crippen molar-refractivity contribution in [3.8, 4) is 28.5 Å². The highest BCUT2D eigenvalue weighted by molar-refractivity contribution is 5.87. The maximum absolute atomic E-state index is 14.4. The number of halogens is 1. The molecular formula is C12H9FN2O5. The first-order valence-electron chi connectivity index (χ1n) is 5.57. The Hall–Kier alpha value is -2.77. The van der Waals surface area contributed by atoms with Crippen LogP contribution in [0.25, 0.3) is 11.3 Å². The maximum atomic E-state index is 14.4. The van der Waals surface area contributed by atoms with E-state index >= 15 is 0 Å². The average Bonchev–Trinajstić information content (AvgIpc) is 3.06. The Morgan fingerprint density at radius 3 is 2.95 bits per heavy atom. The van der Waals surface area contributed by atoms with E-state index in [1.165, 1.54) is 19.2 Å². The summed E-state index contributed by atoms with van der Waals surface area (Å²) in [6.07, 6.45) is 0. The molecule has 7 nitrogen and oxygen atoms in total. The fourth-order valence-corrected chi connectivity index (χ4v) is 1.93. The van der Waals surface area contributed by atoms with Crippen molar-refractivity contribution in [3.63, 3.8) is 0 Å². The maximum Gasteiger partial charge on any atom is 0.353 e. The lowest BCUT2D eigenvalue weighted by molar-refractivity contribution is 0.0690. The minimum Gasteiger partial charge on any atom is -0.494 e. The van der Waals surface area contributed by atoms with Gasteiger partial charge in [0, 0.05) is 6.07 Å².